The number of rotatable bonds is 3. The molecule has 2 aromatic heterocycles. The zero-order chi connectivity index (χ0) is 12.3. The van der Waals surface area contributed by atoms with Gasteiger partial charge in [-0.3, -0.25) is 4.98 Å². The molecule has 1 atom stereocenters. The summed E-state index contributed by atoms with van der Waals surface area (Å²) in [6, 6.07) is 4.13. The Morgan fingerprint density at radius 2 is 2.12 bits per heavy atom. The van der Waals surface area contributed by atoms with Crippen LogP contribution in [0.4, 0.5) is 4.39 Å². The summed E-state index contributed by atoms with van der Waals surface area (Å²) in [4.78, 5) is 3.66. The topological polar surface area (TPSA) is 73.9 Å². The van der Waals surface area contributed by atoms with Gasteiger partial charge in [0.2, 0.25) is 5.88 Å². The van der Waals surface area contributed by atoms with E-state index in [1.165, 1.54) is 19.4 Å². The molecule has 88 valence electrons. The maximum absolute atomic E-state index is 13.5. The van der Waals surface area contributed by atoms with Gasteiger partial charge in [-0.1, -0.05) is 0 Å². The van der Waals surface area contributed by atoms with Gasteiger partial charge in [0.15, 0.2) is 0 Å². The molecule has 0 bridgehead atoms. The van der Waals surface area contributed by atoms with Crippen LogP contribution in [0.2, 0.25) is 0 Å². The highest BCUT2D eigenvalue weighted by Crippen LogP contribution is 2.20. The number of methoxy groups -OCH3 is 1. The van der Waals surface area contributed by atoms with Gasteiger partial charge in [-0.15, -0.1) is 10.2 Å². The highest BCUT2D eigenvalue weighted by Gasteiger charge is 2.15. The third kappa shape index (κ3) is 2.36. The van der Waals surface area contributed by atoms with Crippen LogP contribution in [0.25, 0.3) is 0 Å². The van der Waals surface area contributed by atoms with E-state index in [2.05, 4.69) is 15.2 Å². The number of ether oxygens (including phenoxy) is 1. The lowest BCUT2D eigenvalue weighted by Gasteiger charge is -2.11. The summed E-state index contributed by atoms with van der Waals surface area (Å²) in [5, 5.41) is 7.66. The molecule has 0 aliphatic heterocycles. The van der Waals surface area contributed by atoms with Crippen molar-refractivity contribution >= 4 is 0 Å². The predicted octanol–water partition coefficient (Wildman–Crippen LogP) is 1.07. The summed E-state index contributed by atoms with van der Waals surface area (Å²) >= 11 is 0. The van der Waals surface area contributed by atoms with Gasteiger partial charge in [0.25, 0.3) is 0 Å². The molecule has 0 aliphatic rings. The molecule has 5 nitrogen and oxygen atoms in total. The van der Waals surface area contributed by atoms with Crippen LogP contribution < -0.4 is 10.5 Å². The molecule has 0 aliphatic carbocycles. The van der Waals surface area contributed by atoms with Crippen LogP contribution >= 0.6 is 0 Å². The zero-order valence-electron chi connectivity index (χ0n) is 9.17. The van der Waals surface area contributed by atoms with E-state index in [1.54, 1.807) is 12.1 Å². The number of halogens is 1. The number of nitrogens with two attached hydrogens (primary N) is 1. The monoisotopic (exact) mass is 234 g/mol. The van der Waals surface area contributed by atoms with Crippen LogP contribution in [0.15, 0.2) is 30.6 Å². The van der Waals surface area contributed by atoms with Gasteiger partial charge in [0, 0.05) is 17.8 Å². The van der Waals surface area contributed by atoms with E-state index in [9.17, 15) is 4.39 Å². The molecule has 2 N–H and O–H groups in total. The van der Waals surface area contributed by atoms with Gasteiger partial charge in [0.05, 0.1) is 25.0 Å². The Morgan fingerprint density at radius 1 is 1.29 bits per heavy atom. The first-order valence-electron chi connectivity index (χ1n) is 4.95. The van der Waals surface area contributed by atoms with Gasteiger partial charge in [0.1, 0.15) is 5.82 Å². The first-order chi connectivity index (χ1) is 8.22. The molecule has 6 heteroatoms. The molecule has 0 radical (unpaired) electrons. The Labute approximate surface area is 97.5 Å². The number of nitrogens with zero attached hydrogens (tertiary/aromatic N) is 3. The first-order valence-corrected chi connectivity index (χ1v) is 4.95. The van der Waals surface area contributed by atoms with E-state index in [0.717, 1.165) is 6.20 Å². The fourth-order valence-electron chi connectivity index (χ4n) is 1.40. The van der Waals surface area contributed by atoms with Gasteiger partial charge in [-0.05, 0) is 12.1 Å². The molecule has 2 aromatic rings. The molecule has 2 heterocycles. The van der Waals surface area contributed by atoms with E-state index in [1.807, 2.05) is 0 Å². The molecule has 0 fully saturated rings. The van der Waals surface area contributed by atoms with E-state index >= 15 is 0 Å². The summed E-state index contributed by atoms with van der Waals surface area (Å²) in [5.74, 6) is -0.0752. The van der Waals surface area contributed by atoms with Crippen LogP contribution in [0, 0.1) is 5.82 Å². The van der Waals surface area contributed by atoms with Gasteiger partial charge in [-0.2, -0.15) is 0 Å². The van der Waals surface area contributed by atoms with Crippen molar-refractivity contribution < 1.29 is 9.13 Å². The van der Waals surface area contributed by atoms with Crippen molar-refractivity contribution in [1.82, 2.24) is 15.2 Å². The number of pyridine rings is 1. The molecule has 17 heavy (non-hydrogen) atoms. The molecule has 0 spiro atoms. The standard InChI is InChI=1S/C11H11FN4O/c1-17-10-3-2-9(15-16-10)11(13)7-4-5-14-6-8(7)12/h2-6,11H,13H2,1H3. The van der Waals surface area contributed by atoms with E-state index < -0.39 is 11.9 Å². The molecular formula is C11H11FN4O. The summed E-state index contributed by atoms with van der Waals surface area (Å²) < 4.78 is 18.3. The lowest BCUT2D eigenvalue weighted by atomic mass is 10.1. The van der Waals surface area contributed by atoms with Crippen molar-refractivity contribution in [2.75, 3.05) is 7.11 Å². The Kier molecular flexibility index (Phi) is 3.24. The number of aromatic nitrogens is 3. The Morgan fingerprint density at radius 3 is 2.71 bits per heavy atom. The highest BCUT2D eigenvalue weighted by atomic mass is 19.1. The van der Waals surface area contributed by atoms with Crippen molar-refractivity contribution in [3.8, 4) is 5.88 Å². The molecule has 0 saturated carbocycles. The number of hydrogen-bond donors (Lipinski definition) is 1. The minimum Gasteiger partial charge on any atom is -0.480 e. The van der Waals surface area contributed by atoms with Gasteiger partial charge in [-0.25, -0.2) is 4.39 Å². The lowest BCUT2D eigenvalue weighted by Crippen LogP contribution is -2.16. The number of hydrogen-bond acceptors (Lipinski definition) is 5. The molecule has 2 rings (SSSR count). The fraction of sp³-hybridized carbons (Fsp3) is 0.182. The lowest BCUT2D eigenvalue weighted by molar-refractivity contribution is 0.390. The highest BCUT2D eigenvalue weighted by molar-refractivity contribution is 5.26. The quantitative estimate of drug-likeness (QED) is 0.859. The van der Waals surface area contributed by atoms with Crippen molar-refractivity contribution in [1.29, 1.82) is 0 Å². The minimum absolute atomic E-state index is 0.333. The van der Waals surface area contributed by atoms with E-state index in [4.69, 9.17) is 10.5 Å². The smallest absolute Gasteiger partial charge is 0.233 e. The van der Waals surface area contributed by atoms with Crippen LogP contribution in [0.1, 0.15) is 17.3 Å². The third-order valence-electron chi connectivity index (χ3n) is 2.33. The van der Waals surface area contributed by atoms with E-state index in [-0.39, 0.29) is 0 Å². The average Bonchev–Trinajstić information content (AvgIpc) is 2.39. The minimum atomic E-state index is -0.670. The van der Waals surface area contributed by atoms with Crippen LogP contribution in [-0.2, 0) is 0 Å². The zero-order valence-corrected chi connectivity index (χ0v) is 9.17. The second kappa shape index (κ2) is 4.84. The third-order valence-corrected chi connectivity index (χ3v) is 2.33. The van der Waals surface area contributed by atoms with Crippen LogP contribution in [-0.4, -0.2) is 22.3 Å². The molecular weight excluding hydrogens is 223 g/mol. The Bertz CT molecular complexity index is 503. The maximum Gasteiger partial charge on any atom is 0.233 e. The largest absolute Gasteiger partial charge is 0.480 e. The summed E-state index contributed by atoms with van der Waals surface area (Å²) in [6.45, 7) is 0. The molecule has 0 amide bonds. The van der Waals surface area contributed by atoms with Crippen molar-refractivity contribution in [3.63, 3.8) is 0 Å². The van der Waals surface area contributed by atoms with Crippen LogP contribution in [0.3, 0.4) is 0 Å². The molecule has 0 aromatic carbocycles. The Balaban J connectivity index is 2.30. The average molecular weight is 234 g/mol. The van der Waals surface area contributed by atoms with Crippen molar-refractivity contribution in [3.05, 3.63) is 47.7 Å². The molecule has 0 saturated heterocycles. The summed E-state index contributed by atoms with van der Waals surface area (Å²) in [5.41, 5.74) is 6.70. The first kappa shape index (κ1) is 11.4. The van der Waals surface area contributed by atoms with Crippen LogP contribution in [0.5, 0.6) is 5.88 Å². The predicted molar refractivity (Wildman–Crippen MR) is 58.8 cm³/mol. The summed E-state index contributed by atoms with van der Waals surface area (Å²) in [6.07, 6.45) is 2.60. The molecule has 1 unspecified atom stereocenters. The second-order valence-electron chi connectivity index (χ2n) is 3.38. The van der Waals surface area contributed by atoms with Gasteiger partial charge >= 0.3 is 0 Å². The van der Waals surface area contributed by atoms with Gasteiger partial charge < -0.3 is 10.5 Å². The normalized spacial score (nSPS) is 12.2. The maximum atomic E-state index is 13.5. The fourth-order valence-corrected chi connectivity index (χ4v) is 1.40. The SMILES string of the molecule is COc1ccc(C(N)c2ccncc2F)nn1. The summed E-state index contributed by atoms with van der Waals surface area (Å²) in [7, 11) is 1.49. The van der Waals surface area contributed by atoms with E-state index in [0.29, 0.717) is 17.1 Å². The second-order valence-corrected chi connectivity index (χ2v) is 3.38. The Hall–Kier alpha value is -2.08. The van der Waals surface area contributed by atoms with Crippen molar-refractivity contribution in [2.45, 2.75) is 6.04 Å². The van der Waals surface area contributed by atoms with Crippen molar-refractivity contribution in [2.24, 2.45) is 5.73 Å².